The average molecular weight is 479 g/mol. The second-order valence-electron chi connectivity index (χ2n) is 9.18. The Bertz CT molecular complexity index is 1190. The number of phenols is 1. The molecule has 0 saturated heterocycles. The van der Waals surface area contributed by atoms with E-state index in [-0.39, 0.29) is 17.8 Å². The summed E-state index contributed by atoms with van der Waals surface area (Å²) in [6.07, 6.45) is 8.78. The zero-order valence-electron chi connectivity index (χ0n) is 19.1. The lowest BCUT2D eigenvalue weighted by Gasteiger charge is -2.34. The number of hydrogen-bond acceptors (Lipinski definition) is 8. The Balaban J connectivity index is 1.39. The summed E-state index contributed by atoms with van der Waals surface area (Å²) in [5.74, 6) is 1.03. The molecule has 176 valence electrons. The number of halogens is 1. The average Bonchev–Trinajstić information content (AvgIpc) is 3.61. The van der Waals surface area contributed by atoms with Gasteiger partial charge in [0.15, 0.2) is 0 Å². The van der Waals surface area contributed by atoms with Crippen LogP contribution < -0.4 is 4.90 Å². The molecule has 0 aliphatic heterocycles. The Kier molecular flexibility index (Phi) is 6.42. The highest BCUT2D eigenvalue weighted by atomic mass is 32.1. The Morgan fingerprint density at radius 2 is 2.03 bits per heavy atom. The van der Waals surface area contributed by atoms with Gasteiger partial charge in [0.25, 0.3) is 0 Å². The molecule has 9 heteroatoms. The Morgan fingerprint density at radius 3 is 2.68 bits per heavy atom. The molecule has 2 aliphatic carbocycles. The van der Waals surface area contributed by atoms with Gasteiger partial charge in [-0.25, -0.2) is 14.4 Å². The lowest BCUT2D eigenvalue weighted by atomic mass is 9.94. The monoisotopic (exact) mass is 478 g/mol. The molecule has 3 atom stereocenters. The summed E-state index contributed by atoms with van der Waals surface area (Å²) < 4.78 is 15.2. The summed E-state index contributed by atoms with van der Waals surface area (Å²) in [7, 11) is 0. The molecule has 7 nitrogen and oxygen atoms in total. The second-order valence-corrected chi connectivity index (χ2v) is 10.2. The summed E-state index contributed by atoms with van der Waals surface area (Å²) in [5, 5.41) is 29.0. The van der Waals surface area contributed by atoms with Crippen molar-refractivity contribution < 1.29 is 9.50 Å². The van der Waals surface area contributed by atoms with E-state index in [1.165, 1.54) is 17.5 Å². The van der Waals surface area contributed by atoms with Crippen LogP contribution in [0, 0.1) is 17.2 Å². The first-order valence-corrected chi connectivity index (χ1v) is 12.7. The van der Waals surface area contributed by atoms with Crippen LogP contribution in [0.15, 0.2) is 30.6 Å². The standard InChI is InChI=1S/C25H27FN6OS/c1-2-15-4-3-5-20(26)22(10-15)32(17-7-8-17)25-29-14-21(30-31-25)19-9-6-16(11-23(19)33)24-28-13-18(12-27)34-24/h6,9,11,13-15,17,20,22,33H,2-5,7-8,10H2,1H3/t15-,20-,22+/m0/s1. The van der Waals surface area contributed by atoms with E-state index < -0.39 is 6.17 Å². The Hall–Kier alpha value is -3.12. The molecular weight excluding hydrogens is 451 g/mol. The van der Waals surface area contributed by atoms with Crippen molar-refractivity contribution in [3.05, 3.63) is 35.5 Å². The van der Waals surface area contributed by atoms with Crippen molar-refractivity contribution in [2.45, 2.75) is 70.1 Å². The Morgan fingerprint density at radius 1 is 1.18 bits per heavy atom. The summed E-state index contributed by atoms with van der Waals surface area (Å²) >= 11 is 1.27. The van der Waals surface area contributed by atoms with Crippen LogP contribution in [0.1, 0.15) is 56.7 Å². The van der Waals surface area contributed by atoms with E-state index >= 15 is 4.39 Å². The van der Waals surface area contributed by atoms with Crippen LogP contribution in [0.5, 0.6) is 5.75 Å². The Labute approximate surface area is 202 Å². The quantitative estimate of drug-likeness (QED) is 0.466. The van der Waals surface area contributed by atoms with Crippen molar-refractivity contribution in [2.75, 3.05) is 4.90 Å². The number of thiazole rings is 1. The summed E-state index contributed by atoms with van der Waals surface area (Å²) in [5.41, 5.74) is 1.68. The molecule has 3 aromatic rings. The molecule has 0 amide bonds. The van der Waals surface area contributed by atoms with Crippen LogP contribution in [0.25, 0.3) is 21.8 Å². The predicted molar refractivity (Wildman–Crippen MR) is 129 cm³/mol. The van der Waals surface area contributed by atoms with Crippen molar-refractivity contribution in [1.82, 2.24) is 20.2 Å². The molecule has 0 radical (unpaired) electrons. The van der Waals surface area contributed by atoms with Crippen LogP contribution in [0.3, 0.4) is 0 Å². The first-order chi connectivity index (χ1) is 16.6. The third-order valence-electron chi connectivity index (χ3n) is 6.88. The zero-order valence-corrected chi connectivity index (χ0v) is 19.9. The van der Waals surface area contributed by atoms with Gasteiger partial charge in [-0.1, -0.05) is 32.3 Å². The van der Waals surface area contributed by atoms with E-state index in [9.17, 15) is 5.11 Å². The van der Waals surface area contributed by atoms with Gasteiger partial charge in [0.2, 0.25) is 5.95 Å². The maximum Gasteiger partial charge on any atom is 0.245 e. The van der Waals surface area contributed by atoms with Gasteiger partial charge in [-0.15, -0.1) is 21.5 Å². The molecule has 0 spiro atoms. The van der Waals surface area contributed by atoms with E-state index in [0.29, 0.717) is 39.4 Å². The number of alkyl halides is 1. The molecule has 5 rings (SSSR count). The molecule has 2 aliphatic rings. The largest absolute Gasteiger partial charge is 0.507 e. The summed E-state index contributed by atoms with van der Waals surface area (Å²) in [6, 6.07) is 7.31. The molecular formula is C25H27FN6OS. The van der Waals surface area contributed by atoms with E-state index in [1.54, 1.807) is 18.3 Å². The highest BCUT2D eigenvalue weighted by Gasteiger charge is 2.41. The van der Waals surface area contributed by atoms with Crippen molar-refractivity contribution in [2.24, 2.45) is 5.92 Å². The number of benzene rings is 1. The fourth-order valence-corrected chi connectivity index (χ4v) is 5.56. The van der Waals surface area contributed by atoms with Gasteiger partial charge >= 0.3 is 0 Å². The maximum atomic E-state index is 15.2. The van der Waals surface area contributed by atoms with Crippen LogP contribution in [0.2, 0.25) is 0 Å². The predicted octanol–water partition coefficient (Wildman–Crippen LogP) is 5.52. The van der Waals surface area contributed by atoms with Gasteiger partial charge in [0, 0.05) is 17.2 Å². The van der Waals surface area contributed by atoms with Gasteiger partial charge < -0.3 is 10.0 Å². The highest BCUT2D eigenvalue weighted by molar-refractivity contribution is 7.15. The number of rotatable bonds is 6. The zero-order chi connectivity index (χ0) is 23.7. The molecule has 2 fully saturated rings. The summed E-state index contributed by atoms with van der Waals surface area (Å²) in [6.45, 7) is 2.18. The third kappa shape index (κ3) is 4.60. The lowest BCUT2D eigenvalue weighted by Crippen LogP contribution is -2.45. The molecule has 1 N–H and O–H groups in total. The van der Waals surface area contributed by atoms with E-state index in [2.05, 4.69) is 38.1 Å². The topological polar surface area (TPSA) is 98.8 Å². The SMILES string of the molecule is CC[C@H]1CCC[C@H](F)[C@H](N(c2ncc(-c3ccc(-c4ncc(C#N)s4)cc3O)nn2)C2CC2)C1. The van der Waals surface area contributed by atoms with Gasteiger partial charge in [0.1, 0.15) is 33.6 Å². The minimum atomic E-state index is -0.885. The molecule has 0 bridgehead atoms. The van der Waals surface area contributed by atoms with Crippen molar-refractivity contribution in [3.8, 4) is 33.6 Å². The first kappa shape index (κ1) is 22.7. The van der Waals surface area contributed by atoms with Crippen molar-refractivity contribution in [1.29, 1.82) is 5.26 Å². The molecule has 2 heterocycles. The summed E-state index contributed by atoms with van der Waals surface area (Å²) in [4.78, 5) is 11.4. The molecule has 2 aromatic heterocycles. The first-order valence-electron chi connectivity index (χ1n) is 11.9. The van der Waals surface area contributed by atoms with Crippen LogP contribution in [0.4, 0.5) is 10.3 Å². The minimum absolute atomic E-state index is 0.0347. The number of nitriles is 1. The van der Waals surface area contributed by atoms with Gasteiger partial charge in [0.05, 0.1) is 18.4 Å². The fraction of sp³-hybridized carbons (Fsp3) is 0.480. The van der Waals surface area contributed by atoms with Crippen molar-refractivity contribution in [3.63, 3.8) is 0 Å². The molecule has 1 aromatic carbocycles. The van der Waals surface area contributed by atoms with Crippen LogP contribution in [-0.2, 0) is 0 Å². The number of aromatic nitrogens is 4. The van der Waals surface area contributed by atoms with Gasteiger partial charge in [-0.05, 0) is 43.7 Å². The van der Waals surface area contributed by atoms with E-state index in [0.717, 1.165) is 44.1 Å². The minimum Gasteiger partial charge on any atom is -0.507 e. The van der Waals surface area contributed by atoms with E-state index in [4.69, 9.17) is 5.26 Å². The smallest absolute Gasteiger partial charge is 0.245 e. The van der Waals surface area contributed by atoms with Crippen LogP contribution in [-0.4, -0.2) is 43.5 Å². The van der Waals surface area contributed by atoms with E-state index in [1.807, 2.05) is 6.07 Å². The maximum absolute atomic E-state index is 15.2. The number of nitrogens with zero attached hydrogens (tertiary/aromatic N) is 6. The normalized spacial score (nSPS) is 22.7. The highest BCUT2D eigenvalue weighted by Crippen LogP contribution is 2.39. The van der Waals surface area contributed by atoms with Crippen molar-refractivity contribution >= 4 is 17.3 Å². The third-order valence-corrected chi connectivity index (χ3v) is 7.83. The van der Waals surface area contributed by atoms with Crippen LogP contribution >= 0.6 is 11.3 Å². The van der Waals surface area contributed by atoms with Gasteiger partial charge in [-0.3, -0.25) is 0 Å². The number of hydrogen-bond donors (Lipinski definition) is 1. The number of anilines is 1. The number of phenolic OH excluding ortho intramolecular Hbond substituents is 1. The fourth-order valence-electron chi connectivity index (χ4n) is 4.85. The molecule has 0 unspecified atom stereocenters. The number of aromatic hydroxyl groups is 1. The second kappa shape index (κ2) is 9.63. The lowest BCUT2D eigenvalue weighted by molar-refractivity contribution is 0.246. The van der Waals surface area contributed by atoms with Gasteiger partial charge in [-0.2, -0.15) is 5.26 Å². The molecule has 34 heavy (non-hydrogen) atoms. The molecule has 2 saturated carbocycles.